The van der Waals surface area contributed by atoms with Crippen LogP contribution < -0.4 is 0 Å². The van der Waals surface area contributed by atoms with Crippen LogP contribution in [-0.2, 0) is 16.6 Å². The van der Waals surface area contributed by atoms with E-state index in [0.29, 0.717) is 36.0 Å². The van der Waals surface area contributed by atoms with Gasteiger partial charge in [0, 0.05) is 37.4 Å². The molecule has 180 valence electrons. The Morgan fingerprint density at radius 2 is 1.65 bits per heavy atom. The first-order valence-corrected chi connectivity index (χ1v) is 13.1. The summed E-state index contributed by atoms with van der Waals surface area (Å²) in [5.74, 6) is 0.269. The molecule has 1 saturated heterocycles. The van der Waals surface area contributed by atoms with Crippen molar-refractivity contribution in [2.45, 2.75) is 45.1 Å². The van der Waals surface area contributed by atoms with Gasteiger partial charge in [0.15, 0.2) is 0 Å². The molecule has 0 radical (unpaired) electrons. The SMILES string of the molecule is Cc1cc(C)n(Cc2cccc(C(=O)N3CCN(S(=O)(=O)c4ccc(C(C)C)cc4)CC3)c2)n1. The summed E-state index contributed by atoms with van der Waals surface area (Å²) in [5.41, 5.74) is 4.76. The molecule has 0 spiro atoms. The molecular formula is C26H32N4O3S. The topological polar surface area (TPSA) is 75.5 Å². The van der Waals surface area contributed by atoms with Gasteiger partial charge in [-0.15, -0.1) is 0 Å². The van der Waals surface area contributed by atoms with E-state index in [1.54, 1.807) is 17.0 Å². The standard InChI is InChI=1S/C26H32N4O3S/c1-19(2)23-8-10-25(11-9-23)34(32,33)29-14-12-28(13-15-29)26(31)24-7-5-6-22(17-24)18-30-21(4)16-20(3)27-30/h5-11,16-17,19H,12-15,18H2,1-4H3. The van der Waals surface area contributed by atoms with Gasteiger partial charge in [0.1, 0.15) is 0 Å². The van der Waals surface area contributed by atoms with E-state index < -0.39 is 10.0 Å². The van der Waals surface area contributed by atoms with Crippen LogP contribution in [0.4, 0.5) is 0 Å². The first kappa shape index (κ1) is 24.2. The number of aromatic nitrogens is 2. The summed E-state index contributed by atoms with van der Waals surface area (Å²) in [6, 6.07) is 16.7. The van der Waals surface area contributed by atoms with Crippen molar-refractivity contribution in [3.63, 3.8) is 0 Å². The van der Waals surface area contributed by atoms with Crippen molar-refractivity contribution in [3.05, 3.63) is 82.7 Å². The second kappa shape index (κ2) is 9.72. The first-order chi connectivity index (χ1) is 16.1. The Morgan fingerprint density at radius 1 is 0.971 bits per heavy atom. The van der Waals surface area contributed by atoms with Crippen molar-refractivity contribution in [1.29, 1.82) is 0 Å². The Bertz CT molecular complexity index is 1270. The summed E-state index contributed by atoms with van der Waals surface area (Å²) in [7, 11) is -3.58. The van der Waals surface area contributed by atoms with E-state index in [-0.39, 0.29) is 19.0 Å². The van der Waals surface area contributed by atoms with Crippen LogP contribution in [-0.4, -0.2) is 59.5 Å². The van der Waals surface area contributed by atoms with Crippen LogP contribution in [0.1, 0.15) is 52.6 Å². The quantitative estimate of drug-likeness (QED) is 0.538. The number of piperazine rings is 1. The number of nitrogens with zero attached hydrogens (tertiary/aromatic N) is 4. The number of hydrogen-bond donors (Lipinski definition) is 0. The van der Waals surface area contributed by atoms with Crippen molar-refractivity contribution in [2.24, 2.45) is 0 Å². The number of carbonyl (C=O) groups excluding carboxylic acids is 1. The predicted molar refractivity (Wildman–Crippen MR) is 132 cm³/mol. The molecule has 34 heavy (non-hydrogen) atoms. The normalized spacial score (nSPS) is 15.1. The lowest BCUT2D eigenvalue weighted by atomic mass is 10.0. The molecule has 7 nitrogen and oxygen atoms in total. The second-order valence-corrected chi connectivity index (χ2v) is 11.1. The molecule has 8 heteroatoms. The summed E-state index contributed by atoms with van der Waals surface area (Å²) in [5, 5.41) is 4.50. The van der Waals surface area contributed by atoms with Gasteiger partial charge in [0.2, 0.25) is 10.0 Å². The maximum absolute atomic E-state index is 13.1. The number of hydrogen-bond acceptors (Lipinski definition) is 4. The molecule has 2 aromatic carbocycles. The predicted octanol–water partition coefficient (Wildman–Crippen LogP) is 3.82. The minimum Gasteiger partial charge on any atom is -0.336 e. The van der Waals surface area contributed by atoms with Gasteiger partial charge >= 0.3 is 0 Å². The number of amides is 1. The molecular weight excluding hydrogens is 448 g/mol. The summed E-state index contributed by atoms with van der Waals surface area (Å²) in [6.07, 6.45) is 0. The molecule has 0 saturated carbocycles. The van der Waals surface area contributed by atoms with Crippen molar-refractivity contribution in [2.75, 3.05) is 26.2 Å². The second-order valence-electron chi connectivity index (χ2n) is 9.21. The third-order valence-corrected chi connectivity index (χ3v) is 8.23. The van der Waals surface area contributed by atoms with E-state index in [4.69, 9.17) is 0 Å². The molecule has 0 atom stereocenters. The van der Waals surface area contributed by atoms with E-state index in [0.717, 1.165) is 22.5 Å². The number of sulfonamides is 1. The fraction of sp³-hybridized carbons (Fsp3) is 0.385. The Labute approximate surface area is 202 Å². The van der Waals surface area contributed by atoms with Gasteiger partial charge < -0.3 is 4.90 Å². The Morgan fingerprint density at radius 3 is 2.24 bits per heavy atom. The number of carbonyl (C=O) groups is 1. The number of benzene rings is 2. The molecule has 3 aromatic rings. The fourth-order valence-corrected chi connectivity index (χ4v) is 5.72. The molecule has 0 N–H and O–H groups in total. The van der Waals surface area contributed by atoms with Crippen LogP contribution in [0.25, 0.3) is 0 Å². The van der Waals surface area contributed by atoms with Gasteiger partial charge in [0.25, 0.3) is 5.91 Å². The Hall–Kier alpha value is -2.97. The molecule has 1 aliphatic heterocycles. The maximum atomic E-state index is 13.1. The minimum absolute atomic E-state index is 0.0754. The zero-order valence-electron chi connectivity index (χ0n) is 20.2. The maximum Gasteiger partial charge on any atom is 0.253 e. The number of aryl methyl sites for hydroxylation is 2. The Balaban J connectivity index is 1.41. The average Bonchev–Trinajstić information content (AvgIpc) is 3.15. The number of rotatable bonds is 6. The summed E-state index contributed by atoms with van der Waals surface area (Å²) in [4.78, 5) is 15.2. The molecule has 0 bridgehead atoms. The lowest BCUT2D eigenvalue weighted by Gasteiger charge is -2.34. The highest BCUT2D eigenvalue weighted by Crippen LogP contribution is 2.22. The highest BCUT2D eigenvalue weighted by atomic mass is 32.2. The van der Waals surface area contributed by atoms with Crippen molar-refractivity contribution >= 4 is 15.9 Å². The highest BCUT2D eigenvalue weighted by Gasteiger charge is 2.30. The van der Waals surface area contributed by atoms with Gasteiger partial charge in [-0.3, -0.25) is 9.48 Å². The van der Waals surface area contributed by atoms with Crippen LogP contribution in [0.3, 0.4) is 0 Å². The summed E-state index contributed by atoms with van der Waals surface area (Å²) < 4.78 is 29.6. The van der Waals surface area contributed by atoms with Gasteiger partial charge in [-0.1, -0.05) is 38.1 Å². The van der Waals surface area contributed by atoms with Gasteiger partial charge in [0.05, 0.1) is 17.1 Å². The van der Waals surface area contributed by atoms with Gasteiger partial charge in [-0.05, 0) is 61.2 Å². The molecule has 1 fully saturated rings. The molecule has 2 heterocycles. The Kier molecular flexibility index (Phi) is 6.91. The zero-order chi connectivity index (χ0) is 24.5. The highest BCUT2D eigenvalue weighted by molar-refractivity contribution is 7.89. The molecule has 4 rings (SSSR count). The largest absolute Gasteiger partial charge is 0.336 e. The third-order valence-electron chi connectivity index (χ3n) is 6.32. The van der Waals surface area contributed by atoms with Crippen LogP contribution >= 0.6 is 0 Å². The minimum atomic E-state index is -3.58. The first-order valence-electron chi connectivity index (χ1n) is 11.6. The molecule has 1 amide bonds. The van der Waals surface area contributed by atoms with Gasteiger partial charge in [-0.2, -0.15) is 9.40 Å². The smallest absolute Gasteiger partial charge is 0.253 e. The summed E-state index contributed by atoms with van der Waals surface area (Å²) in [6.45, 7) is 10.0. The lowest BCUT2D eigenvalue weighted by molar-refractivity contribution is 0.0697. The van der Waals surface area contributed by atoms with Crippen LogP contribution in [0.15, 0.2) is 59.5 Å². The van der Waals surface area contributed by atoms with Crippen LogP contribution in [0, 0.1) is 13.8 Å². The lowest BCUT2D eigenvalue weighted by Crippen LogP contribution is -2.50. The van der Waals surface area contributed by atoms with E-state index in [2.05, 4.69) is 18.9 Å². The molecule has 1 aliphatic rings. The average molecular weight is 481 g/mol. The van der Waals surface area contributed by atoms with E-state index >= 15 is 0 Å². The zero-order valence-corrected chi connectivity index (χ0v) is 21.0. The monoisotopic (exact) mass is 480 g/mol. The molecule has 1 aromatic heterocycles. The molecule has 0 aliphatic carbocycles. The van der Waals surface area contributed by atoms with E-state index in [1.807, 2.05) is 61.0 Å². The van der Waals surface area contributed by atoms with Crippen LogP contribution in [0.5, 0.6) is 0 Å². The van der Waals surface area contributed by atoms with Crippen molar-refractivity contribution < 1.29 is 13.2 Å². The van der Waals surface area contributed by atoms with Crippen molar-refractivity contribution in [1.82, 2.24) is 19.0 Å². The van der Waals surface area contributed by atoms with E-state index in [1.165, 1.54) is 4.31 Å². The van der Waals surface area contributed by atoms with Crippen LogP contribution in [0.2, 0.25) is 0 Å². The van der Waals surface area contributed by atoms with Gasteiger partial charge in [-0.25, -0.2) is 8.42 Å². The van der Waals surface area contributed by atoms with Crippen molar-refractivity contribution in [3.8, 4) is 0 Å². The fourth-order valence-electron chi connectivity index (χ4n) is 4.30. The van der Waals surface area contributed by atoms with E-state index in [9.17, 15) is 13.2 Å². The molecule has 0 unspecified atom stereocenters. The summed E-state index contributed by atoms with van der Waals surface area (Å²) >= 11 is 0. The third kappa shape index (κ3) is 5.08.